The van der Waals surface area contributed by atoms with Crippen molar-refractivity contribution in [3.63, 3.8) is 0 Å². The maximum absolute atomic E-state index is 12.3. The molecule has 0 spiro atoms. The number of carbonyl (C=O) groups is 2. The molecule has 0 radical (unpaired) electrons. The van der Waals surface area contributed by atoms with Gasteiger partial charge in [0.25, 0.3) is 5.91 Å². The van der Waals surface area contributed by atoms with Gasteiger partial charge in [-0.05, 0) is 18.2 Å². The van der Waals surface area contributed by atoms with Crippen molar-refractivity contribution in [2.75, 3.05) is 0 Å². The number of thiazole rings is 1. The highest BCUT2D eigenvalue weighted by Gasteiger charge is 2.31. The Morgan fingerprint density at radius 1 is 1.21 bits per heavy atom. The van der Waals surface area contributed by atoms with Crippen molar-refractivity contribution in [1.29, 1.82) is 0 Å². The molecular weight excluding hydrogens is 324 g/mol. The molecule has 4 rings (SSSR count). The van der Waals surface area contributed by atoms with Crippen LogP contribution in [0.2, 0.25) is 0 Å². The van der Waals surface area contributed by atoms with Gasteiger partial charge in [0.05, 0.1) is 22.2 Å². The summed E-state index contributed by atoms with van der Waals surface area (Å²) in [7, 11) is 1.88. The second-order valence-corrected chi connectivity index (χ2v) is 6.61. The SMILES string of the molecule is Cn1c(=NC(=O)CC2OC(=O)c3ccccc32)sc2ccccc21. The van der Waals surface area contributed by atoms with Crippen molar-refractivity contribution in [3.05, 3.63) is 64.5 Å². The van der Waals surface area contributed by atoms with Gasteiger partial charge in [-0.25, -0.2) is 4.79 Å². The number of amides is 1. The van der Waals surface area contributed by atoms with Crippen LogP contribution in [0.25, 0.3) is 10.2 Å². The number of aryl methyl sites for hydroxylation is 1. The Kier molecular flexibility index (Phi) is 3.54. The van der Waals surface area contributed by atoms with Crippen molar-refractivity contribution < 1.29 is 14.3 Å². The monoisotopic (exact) mass is 338 g/mol. The number of carbonyl (C=O) groups excluding carboxylic acids is 2. The van der Waals surface area contributed by atoms with E-state index in [4.69, 9.17) is 4.74 Å². The van der Waals surface area contributed by atoms with Crippen molar-refractivity contribution in [1.82, 2.24) is 4.57 Å². The van der Waals surface area contributed by atoms with Crippen LogP contribution >= 0.6 is 11.3 Å². The Morgan fingerprint density at radius 2 is 1.96 bits per heavy atom. The van der Waals surface area contributed by atoms with Gasteiger partial charge in [-0.1, -0.05) is 41.7 Å². The molecular formula is C18H14N2O3S. The molecule has 1 aliphatic heterocycles. The van der Waals surface area contributed by atoms with E-state index in [0.29, 0.717) is 10.4 Å². The third-order valence-corrected chi connectivity index (χ3v) is 5.18. The second kappa shape index (κ2) is 5.72. The Morgan fingerprint density at radius 3 is 2.79 bits per heavy atom. The summed E-state index contributed by atoms with van der Waals surface area (Å²) >= 11 is 1.46. The molecule has 24 heavy (non-hydrogen) atoms. The van der Waals surface area contributed by atoms with Gasteiger partial charge >= 0.3 is 5.97 Å². The van der Waals surface area contributed by atoms with Gasteiger partial charge in [-0.15, -0.1) is 0 Å². The summed E-state index contributed by atoms with van der Waals surface area (Å²) in [5.74, 6) is -0.678. The first-order valence-corrected chi connectivity index (χ1v) is 8.37. The predicted octanol–water partition coefficient (Wildman–Crippen LogP) is 2.97. The van der Waals surface area contributed by atoms with Crippen molar-refractivity contribution >= 4 is 33.4 Å². The summed E-state index contributed by atoms with van der Waals surface area (Å²) in [4.78, 5) is 29.0. The van der Waals surface area contributed by atoms with E-state index in [0.717, 1.165) is 15.8 Å². The van der Waals surface area contributed by atoms with E-state index >= 15 is 0 Å². The topological polar surface area (TPSA) is 60.7 Å². The van der Waals surface area contributed by atoms with E-state index in [1.54, 1.807) is 12.1 Å². The zero-order valence-electron chi connectivity index (χ0n) is 12.9. The summed E-state index contributed by atoms with van der Waals surface area (Å²) in [6.07, 6.45) is -0.499. The van der Waals surface area contributed by atoms with Gasteiger partial charge in [0.2, 0.25) is 0 Å². The smallest absolute Gasteiger partial charge is 0.339 e. The van der Waals surface area contributed by atoms with Crippen molar-refractivity contribution in [2.45, 2.75) is 12.5 Å². The van der Waals surface area contributed by atoms with E-state index in [9.17, 15) is 9.59 Å². The van der Waals surface area contributed by atoms with Gasteiger partial charge in [0.1, 0.15) is 6.10 Å². The molecule has 0 saturated carbocycles. The molecule has 0 bridgehead atoms. The van der Waals surface area contributed by atoms with Crippen LogP contribution < -0.4 is 4.80 Å². The number of hydrogen-bond donors (Lipinski definition) is 0. The molecule has 2 aromatic carbocycles. The van der Waals surface area contributed by atoms with Gasteiger partial charge < -0.3 is 9.30 Å². The maximum Gasteiger partial charge on any atom is 0.339 e. The van der Waals surface area contributed by atoms with Crippen molar-refractivity contribution in [3.8, 4) is 0 Å². The minimum atomic E-state index is -0.551. The van der Waals surface area contributed by atoms with Crippen LogP contribution in [0.1, 0.15) is 28.4 Å². The van der Waals surface area contributed by atoms with Crippen LogP contribution in [0, 0.1) is 0 Å². The van der Waals surface area contributed by atoms with E-state index in [-0.39, 0.29) is 18.3 Å². The van der Waals surface area contributed by atoms with Gasteiger partial charge in [0.15, 0.2) is 4.80 Å². The lowest BCUT2D eigenvalue weighted by Gasteiger charge is -2.07. The van der Waals surface area contributed by atoms with Gasteiger partial charge in [-0.2, -0.15) is 4.99 Å². The molecule has 120 valence electrons. The lowest BCUT2D eigenvalue weighted by molar-refractivity contribution is -0.119. The standard InChI is InChI=1S/C18H14N2O3S/c1-20-13-8-4-5-9-15(13)24-18(20)19-16(21)10-14-11-6-2-3-7-12(11)17(22)23-14/h2-9,14H,10H2,1H3. The number of esters is 1. The fourth-order valence-electron chi connectivity index (χ4n) is 2.87. The van der Waals surface area contributed by atoms with E-state index in [2.05, 4.69) is 4.99 Å². The first kappa shape index (κ1) is 14.8. The molecule has 1 amide bonds. The highest BCUT2D eigenvalue weighted by atomic mass is 32.1. The quantitative estimate of drug-likeness (QED) is 0.675. The normalized spacial score (nSPS) is 17.1. The average Bonchev–Trinajstić information content (AvgIpc) is 3.06. The van der Waals surface area contributed by atoms with E-state index < -0.39 is 6.10 Å². The maximum atomic E-state index is 12.3. The summed E-state index contributed by atoms with van der Waals surface area (Å²) in [5, 5.41) is 0. The first-order valence-electron chi connectivity index (χ1n) is 7.55. The van der Waals surface area contributed by atoms with Crippen LogP contribution in [0.15, 0.2) is 53.5 Å². The Labute approximate surface area is 141 Å². The third-order valence-electron chi connectivity index (χ3n) is 4.07. The summed E-state index contributed by atoms with van der Waals surface area (Å²) in [6.45, 7) is 0. The number of rotatable bonds is 2. The lowest BCUT2D eigenvalue weighted by atomic mass is 10.0. The molecule has 0 saturated heterocycles. The summed E-state index contributed by atoms with van der Waals surface area (Å²) in [5.41, 5.74) is 2.32. The van der Waals surface area contributed by atoms with Crippen LogP contribution in [0.4, 0.5) is 0 Å². The lowest BCUT2D eigenvalue weighted by Crippen LogP contribution is -2.14. The Hall–Kier alpha value is -2.73. The zero-order chi connectivity index (χ0) is 16.7. The molecule has 0 N–H and O–H groups in total. The number of ether oxygens (including phenoxy) is 1. The highest BCUT2D eigenvalue weighted by Crippen LogP contribution is 2.32. The molecule has 1 unspecified atom stereocenters. The molecule has 1 aliphatic rings. The highest BCUT2D eigenvalue weighted by molar-refractivity contribution is 7.16. The number of cyclic esters (lactones) is 1. The summed E-state index contributed by atoms with van der Waals surface area (Å²) in [6, 6.07) is 15.0. The average molecular weight is 338 g/mol. The predicted molar refractivity (Wildman–Crippen MR) is 90.6 cm³/mol. The number of para-hydroxylation sites is 1. The molecule has 2 heterocycles. The number of nitrogens with zero attached hydrogens (tertiary/aromatic N) is 2. The first-order chi connectivity index (χ1) is 11.6. The zero-order valence-corrected chi connectivity index (χ0v) is 13.7. The molecule has 6 heteroatoms. The Bertz CT molecular complexity index is 1030. The number of hydrogen-bond acceptors (Lipinski definition) is 4. The molecule has 0 fully saturated rings. The van der Waals surface area contributed by atoms with Crippen molar-refractivity contribution in [2.24, 2.45) is 12.0 Å². The van der Waals surface area contributed by atoms with Crippen LogP contribution in [0.3, 0.4) is 0 Å². The number of benzene rings is 2. The number of fused-ring (bicyclic) bond motifs is 2. The minimum absolute atomic E-state index is 0.0526. The fourth-order valence-corrected chi connectivity index (χ4v) is 3.91. The van der Waals surface area contributed by atoms with E-state index in [1.165, 1.54) is 11.3 Å². The largest absolute Gasteiger partial charge is 0.453 e. The van der Waals surface area contributed by atoms with Crippen LogP contribution in [-0.4, -0.2) is 16.4 Å². The third kappa shape index (κ3) is 2.45. The molecule has 1 aromatic heterocycles. The minimum Gasteiger partial charge on any atom is -0.453 e. The Balaban J connectivity index is 1.63. The summed E-state index contributed by atoms with van der Waals surface area (Å²) < 4.78 is 8.27. The van der Waals surface area contributed by atoms with Gasteiger partial charge in [0, 0.05) is 12.6 Å². The molecule has 3 aromatic rings. The van der Waals surface area contributed by atoms with E-state index in [1.807, 2.05) is 48.0 Å². The van der Waals surface area contributed by atoms with Crippen LogP contribution in [-0.2, 0) is 16.6 Å². The molecule has 5 nitrogen and oxygen atoms in total. The fraction of sp³-hybridized carbons (Fsp3) is 0.167. The second-order valence-electron chi connectivity index (χ2n) is 5.60. The number of aromatic nitrogens is 1. The molecule has 1 atom stereocenters. The van der Waals surface area contributed by atoms with Crippen LogP contribution in [0.5, 0.6) is 0 Å². The molecule has 0 aliphatic carbocycles. The van der Waals surface area contributed by atoms with Gasteiger partial charge in [-0.3, -0.25) is 4.79 Å².